The summed E-state index contributed by atoms with van der Waals surface area (Å²) in [5.74, 6) is -1.86. The molecule has 0 aliphatic carbocycles. The van der Waals surface area contributed by atoms with Crippen LogP contribution in [0.4, 0.5) is 0 Å². The normalized spacial score (nSPS) is 6.50. The van der Waals surface area contributed by atoms with Crippen LogP contribution in [0.15, 0.2) is 12.7 Å². The molecule has 0 spiro atoms. The molecule has 0 bridgehead atoms. The third-order valence-corrected chi connectivity index (χ3v) is 0.601. The van der Waals surface area contributed by atoms with Crippen molar-refractivity contribution < 1.29 is 19.5 Å². The van der Waals surface area contributed by atoms with Crippen molar-refractivity contribution in [2.24, 2.45) is 5.73 Å². The molecule has 0 aromatic rings. The van der Waals surface area contributed by atoms with Crippen LogP contribution in [0.25, 0.3) is 0 Å². The summed E-state index contributed by atoms with van der Waals surface area (Å²) in [6.45, 7) is 4.33. The Balaban J connectivity index is -0.000000152. The van der Waals surface area contributed by atoms with Gasteiger partial charge in [-0.3, -0.25) is 14.4 Å². The summed E-state index contributed by atoms with van der Waals surface area (Å²) in [4.78, 5) is 28.9. The van der Waals surface area contributed by atoms with Crippen LogP contribution in [0.2, 0.25) is 0 Å². The summed E-state index contributed by atoms with van der Waals surface area (Å²) in [5.41, 5.74) is 4.53. The smallest absolute Gasteiger partial charge is 0.310 e. The first kappa shape index (κ1) is 17.8. The molecule has 0 unspecified atom stereocenters. The number of aliphatic carboxylic acids is 1. The van der Waals surface area contributed by atoms with Crippen LogP contribution in [0.5, 0.6) is 0 Å². The van der Waals surface area contributed by atoms with E-state index >= 15 is 0 Å². The Hall–Kier alpha value is -2.23. The molecular formula is C7H11N3O4. The number of nitrogens with zero attached hydrogens (tertiary/aromatic N) is 2. The predicted octanol–water partition coefficient (Wildman–Crippen LogP) is -0.262. The molecule has 7 heteroatoms. The second-order valence-corrected chi connectivity index (χ2v) is 1.88. The van der Waals surface area contributed by atoms with E-state index in [0.29, 0.717) is 0 Å². The summed E-state index contributed by atoms with van der Waals surface area (Å²) < 4.78 is 0. The van der Waals surface area contributed by atoms with Crippen LogP contribution in [0, 0.1) is 10.8 Å². The zero-order valence-corrected chi connectivity index (χ0v) is 7.64. The van der Waals surface area contributed by atoms with Gasteiger partial charge in [-0.15, -0.1) is 0 Å². The van der Waals surface area contributed by atoms with Gasteiger partial charge in [0.15, 0.2) is 0 Å². The second-order valence-electron chi connectivity index (χ2n) is 1.88. The topological polar surface area (TPSA) is 145 Å². The number of Topliss-reactive ketones (excluding diaryl/α,β-unsaturated/α-hetero) is 1. The van der Waals surface area contributed by atoms with E-state index in [2.05, 4.69) is 12.3 Å². The molecule has 14 heavy (non-hydrogen) atoms. The van der Waals surface area contributed by atoms with E-state index < -0.39 is 11.9 Å². The highest BCUT2D eigenvalue weighted by Crippen LogP contribution is 1.77. The molecule has 0 rings (SSSR count). The van der Waals surface area contributed by atoms with Crippen LogP contribution in [-0.2, 0) is 14.4 Å². The van der Waals surface area contributed by atoms with Crippen molar-refractivity contribution in [2.45, 2.75) is 13.3 Å². The summed E-state index contributed by atoms with van der Waals surface area (Å²) >= 11 is 0. The standard InChI is InChI=1S/C4H6O3.C3H5NO.N2/c1-3(5)2-4(6)7;1-2-3(4)5;1-2/h2H2,1H3,(H,6,7);2H,1H2,(H2,4,5);. The number of amides is 1. The average Bonchev–Trinajstić information content (AvgIpc) is 2.06. The van der Waals surface area contributed by atoms with Crippen molar-refractivity contribution in [3.8, 4) is 0 Å². The molecule has 0 saturated heterocycles. The molecule has 0 atom stereocenters. The summed E-state index contributed by atoms with van der Waals surface area (Å²) in [6.07, 6.45) is 0.694. The quantitative estimate of drug-likeness (QED) is 0.365. The fourth-order valence-corrected chi connectivity index (χ4v) is 0.213. The van der Waals surface area contributed by atoms with Crippen molar-refractivity contribution in [1.82, 2.24) is 0 Å². The highest BCUT2D eigenvalue weighted by Gasteiger charge is 1.98. The maximum absolute atomic E-state index is 9.87. The Morgan fingerprint density at radius 1 is 1.43 bits per heavy atom. The first-order valence-electron chi connectivity index (χ1n) is 3.23. The van der Waals surface area contributed by atoms with E-state index in [1.807, 2.05) is 0 Å². The van der Waals surface area contributed by atoms with Gasteiger partial charge in [0.1, 0.15) is 12.2 Å². The van der Waals surface area contributed by atoms with E-state index in [9.17, 15) is 14.4 Å². The SMILES string of the molecule is C=CC(N)=O.CC(=O)CC(=O)O.N#N. The lowest BCUT2D eigenvalue weighted by molar-refractivity contribution is -0.139. The minimum Gasteiger partial charge on any atom is -0.481 e. The fourth-order valence-electron chi connectivity index (χ4n) is 0.213. The van der Waals surface area contributed by atoms with E-state index in [-0.39, 0.29) is 12.2 Å². The number of hydrogen-bond acceptors (Lipinski definition) is 5. The molecule has 78 valence electrons. The highest BCUT2D eigenvalue weighted by molar-refractivity contribution is 5.93. The van der Waals surface area contributed by atoms with Gasteiger partial charge in [0.2, 0.25) is 5.91 Å². The van der Waals surface area contributed by atoms with Crippen LogP contribution >= 0.6 is 0 Å². The highest BCUT2D eigenvalue weighted by atomic mass is 16.4. The zero-order valence-electron chi connectivity index (χ0n) is 7.64. The maximum atomic E-state index is 9.87. The molecule has 0 aliphatic rings. The Labute approximate surface area is 80.6 Å². The number of carboxylic acids is 1. The number of ketones is 1. The van der Waals surface area contributed by atoms with Gasteiger partial charge >= 0.3 is 5.97 Å². The lowest BCUT2D eigenvalue weighted by Gasteiger charge is -1.80. The molecule has 0 fully saturated rings. The van der Waals surface area contributed by atoms with Crippen LogP contribution in [0.1, 0.15) is 13.3 Å². The van der Waals surface area contributed by atoms with Crippen molar-refractivity contribution >= 4 is 17.7 Å². The predicted molar refractivity (Wildman–Crippen MR) is 45.8 cm³/mol. The second kappa shape index (κ2) is 13.4. The molecule has 0 heterocycles. The Morgan fingerprint density at radius 2 is 1.71 bits per heavy atom. The number of rotatable bonds is 3. The molecular weight excluding hydrogens is 190 g/mol. The van der Waals surface area contributed by atoms with Crippen molar-refractivity contribution in [3.63, 3.8) is 0 Å². The zero-order chi connectivity index (χ0) is 12.1. The first-order valence-corrected chi connectivity index (χ1v) is 3.23. The third kappa shape index (κ3) is 52.9. The largest absolute Gasteiger partial charge is 0.481 e. The first-order chi connectivity index (χ1) is 6.40. The van der Waals surface area contributed by atoms with Gasteiger partial charge in [0, 0.05) is 10.8 Å². The number of carbonyl (C=O) groups is 3. The maximum Gasteiger partial charge on any atom is 0.310 e. The fraction of sp³-hybridized carbons (Fsp3) is 0.286. The van der Waals surface area contributed by atoms with Crippen LogP contribution < -0.4 is 5.73 Å². The molecule has 0 aliphatic heterocycles. The minimum absolute atomic E-state index is 0.312. The Kier molecular flexibility index (Phi) is 16.9. The number of carboxylic acid groups (broad SMARTS) is 1. The molecule has 3 N–H and O–H groups in total. The number of nitrogens with two attached hydrogens (primary N) is 1. The Morgan fingerprint density at radius 3 is 1.71 bits per heavy atom. The minimum atomic E-state index is -1.06. The molecule has 0 aromatic heterocycles. The van der Waals surface area contributed by atoms with E-state index in [1.54, 1.807) is 0 Å². The average molecular weight is 201 g/mol. The van der Waals surface area contributed by atoms with E-state index in [4.69, 9.17) is 15.9 Å². The number of hydrogen-bond donors (Lipinski definition) is 2. The molecule has 7 nitrogen and oxygen atoms in total. The lowest BCUT2D eigenvalue weighted by atomic mass is 10.3. The van der Waals surface area contributed by atoms with Gasteiger partial charge in [0.05, 0.1) is 0 Å². The van der Waals surface area contributed by atoms with Gasteiger partial charge in [-0.2, -0.15) is 0 Å². The molecule has 0 aromatic carbocycles. The van der Waals surface area contributed by atoms with Gasteiger partial charge in [-0.25, -0.2) is 0 Å². The monoisotopic (exact) mass is 201 g/mol. The van der Waals surface area contributed by atoms with Crippen LogP contribution in [0.3, 0.4) is 0 Å². The summed E-state index contributed by atoms with van der Waals surface area (Å²) in [6, 6.07) is 0. The van der Waals surface area contributed by atoms with Crippen molar-refractivity contribution in [2.75, 3.05) is 0 Å². The number of primary amides is 1. The molecule has 0 radical (unpaired) electrons. The lowest BCUT2D eigenvalue weighted by Crippen LogP contribution is -2.04. The van der Waals surface area contributed by atoms with Gasteiger partial charge in [-0.1, -0.05) is 6.58 Å². The van der Waals surface area contributed by atoms with Crippen molar-refractivity contribution in [1.29, 1.82) is 10.8 Å². The van der Waals surface area contributed by atoms with Crippen molar-refractivity contribution in [3.05, 3.63) is 12.7 Å². The van der Waals surface area contributed by atoms with Gasteiger partial charge in [0.25, 0.3) is 0 Å². The van der Waals surface area contributed by atoms with E-state index in [1.165, 1.54) is 6.92 Å². The van der Waals surface area contributed by atoms with Crippen LogP contribution in [-0.4, -0.2) is 22.8 Å². The summed E-state index contributed by atoms with van der Waals surface area (Å²) in [5, 5.41) is 19.9. The van der Waals surface area contributed by atoms with Gasteiger partial charge in [-0.05, 0) is 13.0 Å². The third-order valence-electron chi connectivity index (χ3n) is 0.601. The molecule has 1 amide bonds. The Bertz CT molecular complexity index is 222. The molecule has 0 saturated carbocycles. The van der Waals surface area contributed by atoms with Gasteiger partial charge < -0.3 is 10.8 Å². The summed E-state index contributed by atoms with van der Waals surface area (Å²) in [7, 11) is 0. The number of carbonyl (C=O) groups excluding carboxylic acids is 2. The van der Waals surface area contributed by atoms with E-state index in [0.717, 1.165) is 6.08 Å².